The van der Waals surface area contributed by atoms with Gasteiger partial charge in [0.1, 0.15) is 11.5 Å². The molecule has 1 spiro atoms. The van der Waals surface area contributed by atoms with Crippen LogP contribution in [0.25, 0.3) is 11.3 Å². The SMILES string of the molecule is CO[C@@H]1CCC[C@@]12CCCN(Cc1ccc(-c3ccc(C)cc3)o1)C2. The van der Waals surface area contributed by atoms with Crippen LogP contribution in [0.2, 0.25) is 0 Å². The molecular formula is C22H29NO2. The highest BCUT2D eigenvalue weighted by atomic mass is 16.5. The first-order valence-electron chi connectivity index (χ1n) is 9.59. The average Bonchev–Trinajstić information content (AvgIpc) is 3.23. The number of rotatable bonds is 4. The van der Waals surface area contributed by atoms with Gasteiger partial charge in [-0.15, -0.1) is 0 Å². The van der Waals surface area contributed by atoms with Gasteiger partial charge in [0.2, 0.25) is 0 Å². The molecule has 0 radical (unpaired) electrons. The van der Waals surface area contributed by atoms with Crippen LogP contribution < -0.4 is 0 Å². The van der Waals surface area contributed by atoms with E-state index in [2.05, 4.69) is 48.2 Å². The maximum Gasteiger partial charge on any atom is 0.134 e. The molecule has 1 aliphatic carbocycles. The topological polar surface area (TPSA) is 25.6 Å². The molecular weight excluding hydrogens is 310 g/mol. The zero-order chi connectivity index (χ0) is 17.3. The first-order chi connectivity index (χ1) is 12.2. The quantitative estimate of drug-likeness (QED) is 0.781. The predicted octanol–water partition coefficient (Wildman–Crippen LogP) is 5.04. The molecule has 4 rings (SSSR count). The molecule has 1 saturated carbocycles. The van der Waals surface area contributed by atoms with Crippen molar-refractivity contribution in [1.82, 2.24) is 4.90 Å². The molecule has 3 heteroatoms. The highest BCUT2D eigenvalue weighted by molar-refractivity contribution is 5.57. The third-order valence-corrected chi connectivity index (χ3v) is 6.17. The van der Waals surface area contributed by atoms with Crippen LogP contribution in [0, 0.1) is 12.3 Å². The zero-order valence-electron chi connectivity index (χ0n) is 15.5. The summed E-state index contributed by atoms with van der Waals surface area (Å²) in [6, 6.07) is 12.8. The summed E-state index contributed by atoms with van der Waals surface area (Å²) in [6.07, 6.45) is 6.87. The third-order valence-electron chi connectivity index (χ3n) is 6.17. The lowest BCUT2D eigenvalue weighted by Crippen LogP contribution is -2.47. The van der Waals surface area contributed by atoms with Gasteiger partial charge in [-0.25, -0.2) is 0 Å². The van der Waals surface area contributed by atoms with Crippen molar-refractivity contribution in [3.8, 4) is 11.3 Å². The van der Waals surface area contributed by atoms with E-state index in [9.17, 15) is 0 Å². The van der Waals surface area contributed by atoms with E-state index in [1.165, 1.54) is 44.2 Å². The molecule has 2 aliphatic rings. The summed E-state index contributed by atoms with van der Waals surface area (Å²) >= 11 is 0. The van der Waals surface area contributed by atoms with E-state index in [4.69, 9.17) is 9.15 Å². The molecule has 2 aromatic rings. The number of benzene rings is 1. The second-order valence-corrected chi connectivity index (χ2v) is 7.93. The lowest BCUT2D eigenvalue weighted by atomic mass is 9.76. The van der Waals surface area contributed by atoms with Crippen molar-refractivity contribution < 1.29 is 9.15 Å². The number of hydrogen-bond acceptors (Lipinski definition) is 3. The van der Waals surface area contributed by atoms with Crippen LogP contribution in [0.15, 0.2) is 40.8 Å². The fourth-order valence-corrected chi connectivity index (χ4v) is 4.89. The Morgan fingerprint density at radius 2 is 1.92 bits per heavy atom. The Morgan fingerprint density at radius 1 is 1.12 bits per heavy atom. The summed E-state index contributed by atoms with van der Waals surface area (Å²) in [5.41, 5.74) is 2.81. The van der Waals surface area contributed by atoms with Crippen molar-refractivity contribution in [2.75, 3.05) is 20.2 Å². The molecule has 1 aliphatic heterocycles. The van der Waals surface area contributed by atoms with Crippen LogP contribution >= 0.6 is 0 Å². The lowest BCUT2D eigenvalue weighted by Gasteiger charge is -2.43. The summed E-state index contributed by atoms with van der Waals surface area (Å²) in [5.74, 6) is 2.04. The maximum absolute atomic E-state index is 6.14. The normalized spacial score (nSPS) is 27.2. The Hall–Kier alpha value is -1.58. The molecule has 2 heterocycles. The largest absolute Gasteiger partial charge is 0.460 e. The minimum absolute atomic E-state index is 0.374. The fourth-order valence-electron chi connectivity index (χ4n) is 4.89. The van der Waals surface area contributed by atoms with Crippen LogP contribution in [0.5, 0.6) is 0 Å². The highest BCUT2D eigenvalue weighted by Gasteiger charge is 2.45. The highest BCUT2D eigenvalue weighted by Crippen LogP contribution is 2.46. The number of likely N-dealkylation sites (tertiary alicyclic amines) is 1. The Balaban J connectivity index is 1.45. The van der Waals surface area contributed by atoms with Crippen molar-refractivity contribution in [3.63, 3.8) is 0 Å². The number of piperidine rings is 1. The Morgan fingerprint density at radius 3 is 2.72 bits per heavy atom. The summed E-state index contributed by atoms with van der Waals surface area (Å²) in [4.78, 5) is 2.57. The van der Waals surface area contributed by atoms with E-state index in [1.807, 2.05) is 7.11 Å². The van der Waals surface area contributed by atoms with Crippen LogP contribution in [0.4, 0.5) is 0 Å². The number of aryl methyl sites for hydroxylation is 1. The van der Waals surface area contributed by atoms with Crippen LogP contribution in [-0.2, 0) is 11.3 Å². The van der Waals surface area contributed by atoms with Crippen molar-refractivity contribution in [2.24, 2.45) is 5.41 Å². The number of methoxy groups -OCH3 is 1. The second kappa shape index (κ2) is 6.97. The molecule has 1 saturated heterocycles. The predicted molar refractivity (Wildman–Crippen MR) is 100 cm³/mol. The van der Waals surface area contributed by atoms with Gasteiger partial charge < -0.3 is 9.15 Å². The Kier molecular flexibility index (Phi) is 4.70. The smallest absolute Gasteiger partial charge is 0.134 e. The lowest BCUT2D eigenvalue weighted by molar-refractivity contribution is -0.0377. The molecule has 25 heavy (non-hydrogen) atoms. The number of hydrogen-bond donors (Lipinski definition) is 0. The van der Waals surface area contributed by atoms with E-state index in [1.54, 1.807) is 0 Å². The fraction of sp³-hybridized carbons (Fsp3) is 0.545. The molecule has 134 valence electrons. The Bertz CT molecular complexity index is 705. The minimum Gasteiger partial charge on any atom is -0.460 e. The molecule has 2 atom stereocenters. The maximum atomic E-state index is 6.14. The van der Waals surface area contributed by atoms with Gasteiger partial charge in [-0.05, 0) is 51.3 Å². The minimum atomic E-state index is 0.374. The van der Waals surface area contributed by atoms with Crippen LogP contribution in [0.3, 0.4) is 0 Å². The molecule has 0 unspecified atom stereocenters. The van der Waals surface area contributed by atoms with E-state index < -0.39 is 0 Å². The van der Waals surface area contributed by atoms with Crippen molar-refractivity contribution in [1.29, 1.82) is 0 Å². The van der Waals surface area contributed by atoms with Gasteiger partial charge in [-0.1, -0.05) is 36.2 Å². The zero-order valence-corrected chi connectivity index (χ0v) is 15.5. The van der Waals surface area contributed by atoms with E-state index in [0.717, 1.165) is 30.2 Å². The van der Waals surface area contributed by atoms with Crippen LogP contribution in [-0.4, -0.2) is 31.2 Å². The molecule has 1 aromatic carbocycles. The van der Waals surface area contributed by atoms with Crippen molar-refractivity contribution >= 4 is 0 Å². The number of nitrogens with zero attached hydrogens (tertiary/aromatic N) is 1. The van der Waals surface area contributed by atoms with E-state index in [0.29, 0.717) is 11.5 Å². The molecule has 0 bridgehead atoms. The standard InChI is InChI=1S/C22H29NO2/c1-17-6-8-18(9-7-17)20-11-10-19(25-20)15-23-14-4-13-22(16-23)12-3-5-21(22)24-2/h6-11,21H,3-5,12-16H2,1-2H3/t21-,22+/m1/s1. The number of furan rings is 1. The van der Waals surface area contributed by atoms with Gasteiger partial charge in [0.05, 0.1) is 12.6 Å². The van der Waals surface area contributed by atoms with Crippen molar-refractivity contribution in [2.45, 2.75) is 51.7 Å². The van der Waals surface area contributed by atoms with Gasteiger partial charge in [-0.2, -0.15) is 0 Å². The summed E-state index contributed by atoms with van der Waals surface area (Å²) in [6.45, 7) is 5.33. The summed E-state index contributed by atoms with van der Waals surface area (Å²) in [7, 11) is 1.89. The molecule has 0 N–H and O–H groups in total. The summed E-state index contributed by atoms with van der Waals surface area (Å²) in [5, 5.41) is 0. The van der Waals surface area contributed by atoms with Crippen molar-refractivity contribution in [3.05, 3.63) is 47.7 Å². The van der Waals surface area contributed by atoms with Crippen LogP contribution in [0.1, 0.15) is 43.4 Å². The third kappa shape index (κ3) is 3.40. The van der Waals surface area contributed by atoms with Gasteiger partial charge in [-0.3, -0.25) is 4.90 Å². The van der Waals surface area contributed by atoms with E-state index in [-0.39, 0.29) is 0 Å². The second-order valence-electron chi connectivity index (χ2n) is 7.93. The number of ether oxygens (including phenoxy) is 1. The first kappa shape index (κ1) is 16.9. The molecule has 0 amide bonds. The molecule has 3 nitrogen and oxygen atoms in total. The Labute approximate surface area is 151 Å². The average molecular weight is 339 g/mol. The molecule has 1 aromatic heterocycles. The monoisotopic (exact) mass is 339 g/mol. The first-order valence-corrected chi connectivity index (χ1v) is 9.59. The van der Waals surface area contributed by atoms with Gasteiger partial charge in [0.25, 0.3) is 0 Å². The van der Waals surface area contributed by atoms with Gasteiger partial charge in [0.15, 0.2) is 0 Å². The van der Waals surface area contributed by atoms with E-state index >= 15 is 0 Å². The van der Waals surface area contributed by atoms with Gasteiger partial charge >= 0.3 is 0 Å². The van der Waals surface area contributed by atoms with Gasteiger partial charge in [0, 0.05) is 24.6 Å². The molecule has 2 fully saturated rings. The summed E-state index contributed by atoms with van der Waals surface area (Å²) < 4.78 is 12.0.